The SMILES string of the molecule is COc1ccc([C@@H]2c3[nH]c4ccccc4c3C[C@H]3C(=O)N(c4ccc(C(=O)Nc5ccc(C(C)C)cc5)cc4)C(=O)N23)cc1. The molecule has 220 valence electrons. The number of benzene rings is 4. The zero-order valence-corrected chi connectivity index (χ0v) is 24.7. The summed E-state index contributed by atoms with van der Waals surface area (Å²) < 4.78 is 5.37. The Kier molecular flexibility index (Phi) is 6.69. The number of nitrogens with zero attached hydrogens (tertiary/aromatic N) is 2. The summed E-state index contributed by atoms with van der Waals surface area (Å²) in [5, 5.41) is 3.97. The quantitative estimate of drug-likeness (QED) is 0.210. The van der Waals surface area contributed by atoms with Crippen LogP contribution in [0.25, 0.3) is 10.9 Å². The van der Waals surface area contributed by atoms with Crippen LogP contribution in [0.15, 0.2) is 97.1 Å². The predicted octanol–water partition coefficient (Wildman–Crippen LogP) is 7.04. The second kappa shape index (κ2) is 10.7. The third kappa shape index (κ3) is 4.50. The van der Waals surface area contributed by atoms with Crippen molar-refractivity contribution in [3.05, 3.63) is 125 Å². The first kappa shape index (κ1) is 27.5. The molecule has 5 aromatic rings. The lowest BCUT2D eigenvalue weighted by Crippen LogP contribution is -2.44. The third-order valence-electron chi connectivity index (χ3n) is 8.70. The van der Waals surface area contributed by atoms with E-state index in [4.69, 9.17) is 4.74 Å². The molecule has 0 bridgehead atoms. The van der Waals surface area contributed by atoms with E-state index in [1.54, 1.807) is 36.3 Å². The number of aromatic amines is 1. The molecule has 1 saturated heterocycles. The van der Waals surface area contributed by atoms with Crippen molar-refractivity contribution >= 4 is 40.1 Å². The number of rotatable bonds is 6. The molecule has 0 radical (unpaired) electrons. The monoisotopic (exact) mass is 584 g/mol. The normalized spacial score (nSPS) is 17.6. The molecule has 2 aliphatic heterocycles. The van der Waals surface area contributed by atoms with E-state index < -0.39 is 18.1 Å². The average Bonchev–Trinajstić information content (AvgIpc) is 3.54. The highest BCUT2D eigenvalue weighted by Gasteiger charge is 2.53. The Balaban J connectivity index is 1.19. The molecule has 4 aromatic carbocycles. The highest BCUT2D eigenvalue weighted by molar-refractivity contribution is 6.22. The van der Waals surface area contributed by atoms with E-state index in [0.717, 1.165) is 27.7 Å². The van der Waals surface area contributed by atoms with E-state index >= 15 is 0 Å². The van der Waals surface area contributed by atoms with E-state index in [2.05, 4.69) is 24.1 Å². The molecular formula is C36H32N4O4. The van der Waals surface area contributed by atoms with Crippen molar-refractivity contribution in [3.8, 4) is 5.75 Å². The molecule has 3 heterocycles. The van der Waals surface area contributed by atoms with Crippen LogP contribution < -0.4 is 15.0 Å². The summed E-state index contributed by atoms with van der Waals surface area (Å²) >= 11 is 0. The van der Waals surface area contributed by atoms with E-state index in [-0.39, 0.29) is 11.8 Å². The highest BCUT2D eigenvalue weighted by Crippen LogP contribution is 2.45. The van der Waals surface area contributed by atoms with Crippen LogP contribution in [0, 0.1) is 0 Å². The summed E-state index contributed by atoms with van der Waals surface area (Å²) in [6.07, 6.45) is 0.406. The van der Waals surface area contributed by atoms with Crippen LogP contribution in [-0.4, -0.2) is 40.9 Å². The largest absolute Gasteiger partial charge is 0.497 e. The van der Waals surface area contributed by atoms with Crippen LogP contribution in [0.4, 0.5) is 16.2 Å². The van der Waals surface area contributed by atoms with Gasteiger partial charge in [-0.1, -0.05) is 56.3 Å². The van der Waals surface area contributed by atoms with Crippen molar-refractivity contribution in [2.75, 3.05) is 17.3 Å². The van der Waals surface area contributed by atoms with Gasteiger partial charge in [-0.15, -0.1) is 0 Å². The Hall–Kier alpha value is -5.37. The summed E-state index contributed by atoms with van der Waals surface area (Å²) in [6, 6.07) is 28.4. The second-order valence-corrected chi connectivity index (χ2v) is 11.6. The maximum Gasteiger partial charge on any atom is 0.332 e. The van der Waals surface area contributed by atoms with Gasteiger partial charge in [-0.2, -0.15) is 0 Å². The van der Waals surface area contributed by atoms with Gasteiger partial charge in [0.05, 0.1) is 12.8 Å². The number of carbonyl (C=O) groups is 3. The standard InChI is InChI=1S/C36H32N4O4/c1-21(2)22-8-14-25(15-9-22)37-34(41)24-10-16-26(17-11-24)39-35(42)31-20-29-28-6-4-5-7-30(28)38-32(29)33(40(31)36(39)43)23-12-18-27(44-3)19-13-23/h4-19,21,31,33,38H,20H2,1-3H3,(H,37,41)/t31-,33+/m0/s1. The minimum atomic E-state index is -0.668. The number of nitrogens with one attached hydrogen (secondary N) is 2. The van der Waals surface area contributed by atoms with Crippen molar-refractivity contribution in [1.29, 1.82) is 0 Å². The van der Waals surface area contributed by atoms with Crippen molar-refractivity contribution < 1.29 is 19.1 Å². The lowest BCUT2D eigenvalue weighted by molar-refractivity contribution is -0.120. The molecular weight excluding hydrogens is 552 g/mol. The molecule has 2 N–H and O–H groups in total. The van der Waals surface area contributed by atoms with Crippen LogP contribution in [0.2, 0.25) is 0 Å². The van der Waals surface area contributed by atoms with Gasteiger partial charge in [0.15, 0.2) is 0 Å². The number of ether oxygens (including phenoxy) is 1. The molecule has 1 aromatic heterocycles. The van der Waals surface area contributed by atoms with Gasteiger partial charge in [0.2, 0.25) is 0 Å². The van der Waals surface area contributed by atoms with Gasteiger partial charge < -0.3 is 15.0 Å². The van der Waals surface area contributed by atoms with Gasteiger partial charge in [-0.25, -0.2) is 9.69 Å². The summed E-state index contributed by atoms with van der Waals surface area (Å²) in [4.78, 5) is 47.6. The summed E-state index contributed by atoms with van der Waals surface area (Å²) in [7, 11) is 1.61. The lowest BCUT2D eigenvalue weighted by atomic mass is 9.89. The Morgan fingerprint density at radius 3 is 2.30 bits per heavy atom. The fraction of sp³-hybridized carbons (Fsp3) is 0.194. The minimum absolute atomic E-state index is 0.268. The molecule has 0 aliphatic carbocycles. The average molecular weight is 585 g/mol. The van der Waals surface area contributed by atoms with Crippen LogP contribution >= 0.6 is 0 Å². The van der Waals surface area contributed by atoms with Gasteiger partial charge in [0.1, 0.15) is 17.8 Å². The van der Waals surface area contributed by atoms with Crippen LogP contribution in [0.1, 0.15) is 58.5 Å². The molecule has 1 fully saturated rings. The molecule has 2 aliphatic rings. The first-order valence-electron chi connectivity index (χ1n) is 14.7. The second-order valence-electron chi connectivity index (χ2n) is 11.6. The van der Waals surface area contributed by atoms with Crippen LogP contribution in [0.3, 0.4) is 0 Å². The van der Waals surface area contributed by atoms with Crippen molar-refractivity contribution in [3.63, 3.8) is 0 Å². The van der Waals surface area contributed by atoms with E-state index in [1.165, 1.54) is 10.5 Å². The van der Waals surface area contributed by atoms with Crippen molar-refractivity contribution in [1.82, 2.24) is 9.88 Å². The molecule has 8 heteroatoms. The number of H-pyrrole nitrogens is 1. The predicted molar refractivity (Wildman–Crippen MR) is 170 cm³/mol. The fourth-order valence-corrected chi connectivity index (χ4v) is 6.36. The highest BCUT2D eigenvalue weighted by atomic mass is 16.5. The van der Waals surface area contributed by atoms with Gasteiger partial charge in [0, 0.05) is 34.3 Å². The van der Waals surface area contributed by atoms with E-state index in [9.17, 15) is 14.4 Å². The van der Waals surface area contributed by atoms with Gasteiger partial charge in [-0.05, 0) is 77.2 Å². The Labute approximate surface area is 255 Å². The van der Waals surface area contributed by atoms with Gasteiger partial charge in [-0.3, -0.25) is 14.5 Å². The Morgan fingerprint density at radius 1 is 0.909 bits per heavy atom. The van der Waals surface area contributed by atoms with Gasteiger partial charge in [0.25, 0.3) is 11.8 Å². The smallest absolute Gasteiger partial charge is 0.332 e. The summed E-state index contributed by atoms with van der Waals surface area (Å²) in [6.45, 7) is 4.24. The van der Waals surface area contributed by atoms with E-state index in [1.807, 2.05) is 72.8 Å². The maximum atomic E-state index is 14.1. The number of amides is 4. The van der Waals surface area contributed by atoms with Crippen LogP contribution in [-0.2, 0) is 11.2 Å². The lowest BCUT2D eigenvalue weighted by Gasteiger charge is -2.36. The number of aromatic nitrogens is 1. The van der Waals surface area contributed by atoms with Crippen molar-refractivity contribution in [2.24, 2.45) is 0 Å². The summed E-state index contributed by atoms with van der Waals surface area (Å²) in [5.74, 6) is 0.557. The number of anilines is 2. The molecule has 4 amide bonds. The zero-order valence-electron chi connectivity index (χ0n) is 24.7. The molecule has 7 rings (SSSR count). The Bertz CT molecular complexity index is 1890. The number of hydrogen-bond acceptors (Lipinski definition) is 4. The number of carbonyl (C=O) groups excluding carboxylic acids is 3. The number of urea groups is 1. The number of para-hydroxylation sites is 1. The molecule has 8 nitrogen and oxygen atoms in total. The first-order valence-corrected chi connectivity index (χ1v) is 14.7. The Morgan fingerprint density at radius 2 is 1.61 bits per heavy atom. The first-order chi connectivity index (χ1) is 21.3. The van der Waals surface area contributed by atoms with E-state index in [0.29, 0.717) is 35.0 Å². The molecule has 44 heavy (non-hydrogen) atoms. The number of imide groups is 1. The van der Waals surface area contributed by atoms with Crippen LogP contribution in [0.5, 0.6) is 5.75 Å². The zero-order chi connectivity index (χ0) is 30.5. The number of fused-ring (bicyclic) bond motifs is 4. The third-order valence-corrected chi connectivity index (χ3v) is 8.70. The molecule has 0 unspecified atom stereocenters. The number of hydrogen-bond donors (Lipinski definition) is 2. The molecule has 2 atom stereocenters. The maximum absolute atomic E-state index is 14.1. The van der Waals surface area contributed by atoms with Gasteiger partial charge >= 0.3 is 6.03 Å². The van der Waals surface area contributed by atoms with Crippen molar-refractivity contribution in [2.45, 2.75) is 38.3 Å². The fourth-order valence-electron chi connectivity index (χ4n) is 6.36. The topological polar surface area (TPSA) is 94.7 Å². The molecule has 0 spiro atoms. The summed E-state index contributed by atoms with van der Waals surface area (Å²) in [5.41, 5.74) is 6.54. The molecule has 0 saturated carbocycles. The minimum Gasteiger partial charge on any atom is -0.497 e. The number of methoxy groups -OCH3 is 1.